The second kappa shape index (κ2) is 5.32. The van der Waals surface area contributed by atoms with Gasteiger partial charge in [0, 0.05) is 18.2 Å². The number of benzene rings is 1. The number of hydrogen-bond acceptors (Lipinski definition) is 5. The summed E-state index contributed by atoms with van der Waals surface area (Å²) in [4.78, 5) is 9.05. The minimum Gasteiger partial charge on any atom is -0.329 e. The van der Waals surface area contributed by atoms with Crippen LogP contribution in [-0.2, 0) is 10.0 Å². The molecule has 0 amide bonds. The number of nitrogens with one attached hydrogen (secondary N) is 1. The Morgan fingerprint density at radius 1 is 1.52 bits per heavy atom. The Morgan fingerprint density at radius 2 is 2.14 bits per heavy atom. The molecule has 1 unspecified atom stereocenters. The molecule has 0 spiro atoms. The SMILES string of the molecule is CC(CN)(NS(=O)(=O)c1c(F)cccc1[N+](=O)[O-])C1CC1. The van der Waals surface area contributed by atoms with Crippen LogP contribution in [0.5, 0.6) is 0 Å². The molecule has 1 aromatic carbocycles. The van der Waals surface area contributed by atoms with E-state index in [2.05, 4.69) is 4.72 Å². The van der Waals surface area contributed by atoms with Gasteiger partial charge >= 0.3 is 0 Å². The predicted molar refractivity (Wildman–Crippen MR) is 73.6 cm³/mol. The largest absolute Gasteiger partial charge is 0.329 e. The molecule has 0 bridgehead atoms. The maximum atomic E-state index is 13.8. The molecule has 1 aliphatic rings. The van der Waals surface area contributed by atoms with Crippen molar-refractivity contribution in [2.75, 3.05) is 6.54 Å². The fraction of sp³-hybridized carbons (Fsp3) is 0.500. The van der Waals surface area contributed by atoms with Gasteiger partial charge in [0.1, 0.15) is 5.82 Å². The van der Waals surface area contributed by atoms with Crippen LogP contribution in [0.2, 0.25) is 0 Å². The van der Waals surface area contributed by atoms with Gasteiger partial charge in [0.2, 0.25) is 0 Å². The Bertz CT molecular complexity index is 675. The van der Waals surface area contributed by atoms with Crippen LogP contribution in [0.3, 0.4) is 0 Å². The van der Waals surface area contributed by atoms with E-state index in [-0.39, 0.29) is 12.5 Å². The van der Waals surface area contributed by atoms with Crippen LogP contribution in [0.1, 0.15) is 19.8 Å². The van der Waals surface area contributed by atoms with E-state index in [9.17, 15) is 22.9 Å². The summed E-state index contributed by atoms with van der Waals surface area (Å²) in [6.07, 6.45) is 1.63. The molecule has 0 heterocycles. The third-order valence-electron chi connectivity index (χ3n) is 3.68. The Labute approximate surface area is 121 Å². The van der Waals surface area contributed by atoms with Crippen molar-refractivity contribution in [2.24, 2.45) is 11.7 Å². The van der Waals surface area contributed by atoms with E-state index in [4.69, 9.17) is 5.73 Å². The molecule has 0 radical (unpaired) electrons. The monoisotopic (exact) mass is 317 g/mol. The first-order chi connectivity index (χ1) is 9.71. The minimum absolute atomic E-state index is 0.0269. The fourth-order valence-corrected chi connectivity index (χ4v) is 3.99. The highest BCUT2D eigenvalue weighted by Gasteiger charge is 2.45. The highest BCUT2D eigenvalue weighted by atomic mass is 32.2. The van der Waals surface area contributed by atoms with Crippen molar-refractivity contribution in [1.82, 2.24) is 4.72 Å². The Balaban J connectivity index is 2.47. The second-order valence-corrected chi connectivity index (χ2v) is 6.97. The summed E-state index contributed by atoms with van der Waals surface area (Å²) >= 11 is 0. The first-order valence-corrected chi connectivity index (χ1v) is 7.86. The van der Waals surface area contributed by atoms with Crippen LogP contribution >= 0.6 is 0 Å². The summed E-state index contributed by atoms with van der Waals surface area (Å²) in [5.74, 6) is -1.10. The number of nitrogens with two attached hydrogens (primary N) is 1. The van der Waals surface area contributed by atoms with E-state index < -0.39 is 36.9 Å². The predicted octanol–water partition coefficient (Wildman–Crippen LogP) is 1.14. The molecule has 2 rings (SSSR count). The zero-order valence-corrected chi connectivity index (χ0v) is 12.2. The van der Waals surface area contributed by atoms with Gasteiger partial charge in [-0.2, -0.15) is 0 Å². The molecule has 9 heteroatoms. The average Bonchev–Trinajstić information content (AvgIpc) is 3.21. The lowest BCUT2D eigenvalue weighted by Crippen LogP contribution is -2.53. The molecule has 0 saturated heterocycles. The maximum absolute atomic E-state index is 13.8. The molecule has 7 nitrogen and oxygen atoms in total. The van der Waals surface area contributed by atoms with Crippen molar-refractivity contribution in [2.45, 2.75) is 30.2 Å². The number of hydrogen-bond donors (Lipinski definition) is 2. The van der Waals surface area contributed by atoms with Gasteiger partial charge in [-0.15, -0.1) is 0 Å². The smallest absolute Gasteiger partial charge is 0.292 e. The van der Waals surface area contributed by atoms with Crippen LogP contribution < -0.4 is 10.5 Å². The molecule has 1 atom stereocenters. The number of nitro groups is 1. The summed E-state index contributed by atoms with van der Waals surface area (Å²) < 4.78 is 40.9. The molecule has 1 fully saturated rings. The summed E-state index contributed by atoms with van der Waals surface area (Å²) in [7, 11) is -4.39. The van der Waals surface area contributed by atoms with Crippen LogP contribution in [0.4, 0.5) is 10.1 Å². The van der Waals surface area contributed by atoms with Gasteiger partial charge in [-0.05, 0) is 31.7 Å². The average molecular weight is 317 g/mol. The fourth-order valence-electron chi connectivity index (χ4n) is 2.28. The van der Waals surface area contributed by atoms with Crippen LogP contribution in [0.15, 0.2) is 23.1 Å². The Morgan fingerprint density at radius 3 is 2.62 bits per heavy atom. The van der Waals surface area contributed by atoms with Gasteiger partial charge in [0.15, 0.2) is 4.90 Å². The van der Waals surface area contributed by atoms with Crippen molar-refractivity contribution in [3.63, 3.8) is 0 Å². The summed E-state index contributed by atoms with van der Waals surface area (Å²) in [6, 6.07) is 2.92. The molecule has 3 N–H and O–H groups in total. The third kappa shape index (κ3) is 3.04. The van der Waals surface area contributed by atoms with Gasteiger partial charge in [-0.25, -0.2) is 17.5 Å². The van der Waals surface area contributed by atoms with E-state index in [1.807, 2.05) is 0 Å². The lowest BCUT2D eigenvalue weighted by Gasteiger charge is -2.29. The molecular formula is C12H16FN3O4S. The van der Waals surface area contributed by atoms with Crippen LogP contribution in [0, 0.1) is 21.8 Å². The molecule has 21 heavy (non-hydrogen) atoms. The van der Waals surface area contributed by atoms with E-state index in [1.54, 1.807) is 6.92 Å². The van der Waals surface area contributed by atoms with Gasteiger partial charge in [0.25, 0.3) is 15.7 Å². The first-order valence-electron chi connectivity index (χ1n) is 6.38. The van der Waals surface area contributed by atoms with E-state index in [1.165, 1.54) is 0 Å². The Hall–Kier alpha value is -1.58. The number of nitro benzene ring substituents is 1. The normalized spacial score (nSPS) is 18.2. The molecule has 0 aliphatic heterocycles. The van der Waals surface area contributed by atoms with Gasteiger partial charge < -0.3 is 5.73 Å². The third-order valence-corrected chi connectivity index (χ3v) is 5.36. The molecule has 1 aliphatic carbocycles. The number of rotatable bonds is 6. The lowest BCUT2D eigenvalue weighted by molar-refractivity contribution is -0.388. The van der Waals surface area contributed by atoms with Crippen molar-refractivity contribution >= 4 is 15.7 Å². The highest BCUT2D eigenvalue weighted by Crippen LogP contribution is 2.40. The van der Waals surface area contributed by atoms with E-state index in [0.29, 0.717) is 0 Å². The lowest BCUT2D eigenvalue weighted by atomic mass is 9.98. The van der Waals surface area contributed by atoms with Crippen molar-refractivity contribution in [3.8, 4) is 0 Å². The van der Waals surface area contributed by atoms with Crippen LogP contribution in [-0.4, -0.2) is 25.4 Å². The maximum Gasteiger partial charge on any atom is 0.292 e. The number of halogens is 1. The van der Waals surface area contributed by atoms with Crippen molar-refractivity contribution in [3.05, 3.63) is 34.1 Å². The Kier molecular flexibility index (Phi) is 4.00. The zero-order valence-electron chi connectivity index (χ0n) is 11.4. The summed E-state index contributed by atoms with van der Waals surface area (Å²) in [5.41, 5.74) is 3.89. The molecule has 116 valence electrons. The molecule has 1 saturated carbocycles. The second-order valence-electron chi connectivity index (χ2n) is 5.35. The topological polar surface area (TPSA) is 115 Å². The molecule has 1 aromatic rings. The van der Waals surface area contributed by atoms with Crippen molar-refractivity contribution in [1.29, 1.82) is 0 Å². The van der Waals surface area contributed by atoms with Crippen molar-refractivity contribution < 1.29 is 17.7 Å². The van der Waals surface area contributed by atoms with Crippen LogP contribution in [0.25, 0.3) is 0 Å². The van der Waals surface area contributed by atoms with Gasteiger partial charge in [0.05, 0.1) is 4.92 Å². The minimum atomic E-state index is -4.39. The first kappa shape index (κ1) is 15.8. The molecular weight excluding hydrogens is 301 g/mol. The molecule has 0 aromatic heterocycles. The quantitative estimate of drug-likeness (QED) is 0.603. The van der Waals surface area contributed by atoms with E-state index >= 15 is 0 Å². The number of nitrogens with zero attached hydrogens (tertiary/aromatic N) is 1. The summed E-state index contributed by atoms with van der Waals surface area (Å²) in [5, 5.41) is 10.9. The number of sulfonamides is 1. The highest BCUT2D eigenvalue weighted by molar-refractivity contribution is 7.89. The van der Waals surface area contributed by atoms with Gasteiger partial charge in [-0.1, -0.05) is 6.07 Å². The zero-order chi connectivity index (χ0) is 15.8. The van der Waals surface area contributed by atoms with Gasteiger partial charge in [-0.3, -0.25) is 10.1 Å². The van der Waals surface area contributed by atoms with E-state index in [0.717, 1.165) is 31.0 Å². The summed E-state index contributed by atoms with van der Waals surface area (Å²) in [6.45, 7) is 1.65. The standard InChI is InChI=1S/C12H16FN3O4S/c1-12(7-14,8-5-6-8)15-21(19,20)11-9(13)3-2-4-10(11)16(17)18/h2-4,8,15H,5-7,14H2,1H3.